The van der Waals surface area contributed by atoms with E-state index in [4.69, 9.17) is 9.98 Å². The van der Waals surface area contributed by atoms with Gasteiger partial charge in [0.25, 0.3) is 0 Å². The highest BCUT2D eigenvalue weighted by atomic mass is 15.1. The molecule has 0 saturated carbocycles. The van der Waals surface area contributed by atoms with E-state index in [9.17, 15) is 0 Å². The third kappa shape index (κ3) is 7.94. The molecule has 49 heavy (non-hydrogen) atoms. The Morgan fingerprint density at radius 2 is 1.04 bits per heavy atom. The minimum absolute atomic E-state index is 0.708. The molecular formula is C44H49N5. The quantitative estimate of drug-likeness (QED) is 0.123. The predicted molar refractivity (Wildman–Crippen MR) is 212 cm³/mol. The Bertz CT molecular complexity index is 1870. The number of aromatic amines is 1. The fourth-order valence-corrected chi connectivity index (χ4v) is 6.62. The highest BCUT2D eigenvalue weighted by Crippen LogP contribution is 2.37. The van der Waals surface area contributed by atoms with Gasteiger partial charge in [-0.2, -0.15) is 0 Å². The van der Waals surface area contributed by atoms with Crippen molar-refractivity contribution in [2.24, 2.45) is 9.98 Å². The monoisotopic (exact) mass is 647 g/mol. The van der Waals surface area contributed by atoms with Crippen molar-refractivity contribution in [1.29, 1.82) is 0 Å². The summed E-state index contributed by atoms with van der Waals surface area (Å²) in [6, 6.07) is 41.0. The molecule has 1 aliphatic rings. The highest BCUT2D eigenvalue weighted by molar-refractivity contribution is 6.38. The van der Waals surface area contributed by atoms with Gasteiger partial charge in [0.2, 0.25) is 0 Å². The Kier molecular flexibility index (Phi) is 11.2. The molecule has 0 fully saturated rings. The Balaban J connectivity index is 1.40. The summed E-state index contributed by atoms with van der Waals surface area (Å²) in [5, 5.41) is 0. The molecule has 4 aromatic carbocycles. The van der Waals surface area contributed by atoms with Gasteiger partial charge in [-0.1, -0.05) is 113 Å². The standard InChI is InChI=1S/C44H49N5/c1-5-27-48(28-6-2)37-23-19-35(20-24-37)41-31-39(33-15-11-9-12-16-33)43(45-41)47-44-40(34-17-13-10-14-18-34)32-42(46-44)36-21-25-38(26-22-36)49(29-7-3)30-8-4/h9-26,31-32,45H,5-8,27-30H2,1-4H3/b47-44-. The zero-order valence-corrected chi connectivity index (χ0v) is 29.5. The van der Waals surface area contributed by atoms with Crippen LogP contribution in [0.3, 0.4) is 0 Å². The fourth-order valence-electron chi connectivity index (χ4n) is 6.62. The van der Waals surface area contributed by atoms with Crippen LogP contribution in [-0.4, -0.2) is 42.7 Å². The van der Waals surface area contributed by atoms with Gasteiger partial charge in [0.05, 0.1) is 5.71 Å². The number of hydrogen-bond donors (Lipinski definition) is 1. The van der Waals surface area contributed by atoms with Crippen molar-refractivity contribution in [3.8, 4) is 22.4 Å². The third-order valence-electron chi connectivity index (χ3n) is 8.98. The van der Waals surface area contributed by atoms with E-state index >= 15 is 0 Å². The molecule has 5 aromatic rings. The summed E-state index contributed by atoms with van der Waals surface area (Å²) in [7, 11) is 0. The van der Waals surface area contributed by atoms with Crippen molar-refractivity contribution in [3.63, 3.8) is 0 Å². The van der Waals surface area contributed by atoms with Crippen LogP contribution in [0.25, 0.3) is 28.0 Å². The molecule has 0 radical (unpaired) electrons. The van der Waals surface area contributed by atoms with Crippen LogP contribution in [-0.2, 0) is 0 Å². The second-order valence-corrected chi connectivity index (χ2v) is 12.7. The van der Waals surface area contributed by atoms with E-state index in [1.165, 1.54) is 11.4 Å². The van der Waals surface area contributed by atoms with Crippen molar-refractivity contribution in [1.82, 2.24) is 4.98 Å². The fraction of sp³-hybridized carbons (Fsp3) is 0.273. The van der Waals surface area contributed by atoms with Gasteiger partial charge < -0.3 is 14.8 Å². The lowest BCUT2D eigenvalue weighted by molar-refractivity contribution is 0.745. The summed E-state index contributed by atoms with van der Waals surface area (Å²) in [4.78, 5) is 19.1. The molecule has 1 aromatic heterocycles. The number of allylic oxidation sites excluding steroid dienone is 1. The number of benzene rings is 4. The SMILES string of the molecule is CCCN(CCC)c1ccc(C2=N/C(=N\c3[nH]c(-c4ccc(N(CCC)CCC)cc4)cc3-c3ccccc3)C(c3ccccc3)=C2)cc1. The van der Waals surface area contributed by atoms with E-state index in [0.717, 1.165) is 102 Å². The summed E-state index contributed by atoms with van der Waals surface area (Å²) < 4.78 is 0. The van der Waals surface area contributed by atoms with Crippen molar-refractivity contribution >= 4 is 34.3 Å². The lowest BCUT2D eigenvalue weighted by atomic mass is 10.0. The van der Waals surface area contributed by atoms with Crippen LogP contribution in [0, 0.1) is 0 Å². The average molecular weight is 648 g/mol. The van der Waals surface area contributed by atoms with Gasteiger partial charge in [0.1, 0.15) is 5.82 Å². The molecule has 5 nitrogen and oxygen atoms in total. The van der Waals surface area contributed by atoms with Crippen molar-refractivity contribution in [3.05, 3.63) is 132 Å². The predicted octanol–water partition coefficient (Wildman–Crippen LogP) is 11.2. The van der Waals surface area contributed by atoms with Gasteiger partial charge in [0, 0.05) is 59.9 Å². The lowest BCUT2D eigenvalue weighted by Gasteiger charge is -2.23. The Hall–Kier alpha value is -5.16. The summed E-state index contributed by atoms with van der Waals surface area (Å²) in [5.74, 6) is 1.51. The summed E-state index contributed by atoms with van der Waals surface area (Å²) in [5.41, 5.74) is 11.0. The first-order valence-corrected chi connectivity index (χ1v) is 18.1. The number of anilines is 2. The minimum Gasteiger partial charge on any atom is -0.372 e. The number of hydrogen-bond acceptors (Lipinski definition) is 3. The van der Waals surface area contributed by atoms with Gasteiger partial charge in [-0.15, -0.1) is 0 Å². The molecule has 250 valence electrons. The van der Waals surface area contributed by atoms with Crippen LogP contribution in [0.15, 0.2) is 131 Å². The molecule has 1 N–H and O–H groups in total. The molecule has 0 unspecified atom stereocenters. The first kappa shape index (κ1) is 33.7. The average Bonchev–Trinajstić information content (AvgIpc) is 3.77. The molecule has 0 atom stereocenters. The number of rotatable bonds is 15. The summed E-state index contributed by atoms with van der Waals surface area (Å²) in [6.07, 6.45) is 6.71. The van der Waals surface area contributed by atoms with Gasteiger partial charge >= 0.3 is 0 Å². The third-order valence-corrected chi connectivity index (χ3v) is 8.98. The second kappa shape index (κ2) is 16.3. The Morgan fingerprint density at radius 3 is 1.55 bits per heavy atom. The summed E-state index contributed by atoms with van der Waals surface area (Å²) >= 11 is 0. The number of H-pyrrole nitrogens is 1. The maximum absolute atomic E-state index is 5.29. The van der Waals surface area contributed by atoms with Gasteiger partial charge in [0.15, 0.2) is 5.84 Å². The first-order chi connectivity index (χ1) is 24.1. The summed E-state index contributed by atoms with van der Waals surface area (Å²) in [6.45, 7) is 13.2. The van der Waals surface area contributed by atoms with E-state index < -0.39 is 0 Å². The highest BCUT2D eigenvalue weighted by Gasteiger charge is 2.21. The van der Waals surface area contributed by atoms with Crippen LogP contribution in [0.1, 0.15) is 64.5 Å². The first-order valence-electron chi connectivity index (χ1n) is 18.1. The maximum atomic E-state index is 5.29. The normalized spacial score (nSPS) is 13.4. The zero-order valence-electron chi connectivity index (χ0n) is 29.5. The van der Waals surface area contributed by atoms with Crippen molar-refractivity contribution in [2.45, 2.75) is 53.4 Å². The van der Waals surface area contributed by atoms with Gasteiger partial charge in [-0.05, 0) is 78.8 Å². The van der Waals surface area contributed by atoms with E-state index in [1.807, 2.05) is 0 Å². The molecule has 0 spiro atoms. The molecular weight excluding hydrogens is 599 g/mol. The molecule has 1 aliphatic heterocycles. The van der Waals surface area contributed by atoms with Crippen LogP contribution in [0.2, 0.25) is 0 Å². The molecule has 0 aliphatic carbocycles. The van der Waals surface area contributed by atoms with Crippen LogP contribution in [0.4, 0.5) is 17.2 Å². The van der Waals surface area contributed by atoms with E-state index in [1.54, 1.807) is 0 Å². The molecule has 0 amide bonds. The van der Waals surface area contributed by atoms with E-state index in [0.29, 0.717) is 5.84 Å². The molecule has 6 rings (SSSR count). The minimum atomic E-state index is 0.708. The van der Waals surface area contributed by atoms with Crippen LogP contribution >= 0.6 is 0 Å². The van der Waals surface area contributed by atoms with Crippen molar-refractivity contribution < 1.29 is 0 Å². The number of amidine groups is 1. The van der Waals surface area contributed by atoms with E-state index in [-0.39, 0.29) is 0 Å². The molecule has 0 bridgehead atoms. The zero-order chi connectivity index (χ0) is 34.0. The molecule has 5 heteroatoms. The Morgan fingerprint density at radius 1 is 0.551 bits per heavy atom. The number of aliphatic imine (C=N–C) groups is 2. The number of aromatic nitrogens is 1. The number of nitrogens with zero attached hydrogens (tertiary/aromatic N) is 4. The number of nitrogens with one attached hydrogen (secondary N) is 1. The van der Waals surface area contributed by atoms with Gasteiger partial charge in [-0.25, -0.2) is 9.98 Å². The lowest BCUT2D eigenvalue weighted by Crippen LogP contribution is -2.24. The topological polar surface area (TPSA) is 47.0 Å². The second-order valence-electron chi connectivity index (χ2n) is 12.7. The Labute approximate surface area is 292 Å². The van der Waals surface area contributed by atoms with Crippen LogP contribution < -0.4 is 9.80 Å². The largest absolute Gasteiger partial charge is 0.372 e. The molecule has 0 saturated heterocycles. The van der Waals surface area contributed by atoms with Crippen LogP contribution in [0.5, 0.6) is 0 Å². The van der Waals surface area contributed by atoms with Gasteiger partial charge in [-0.3, -0.25) is 0 Å². The van der Waals surface area contributed by atoms with E-state index in [2.05, 4.69) is 164 Å². The van der Waals surface area contributed by atoms with Crippen molar-refractivity contribution in [2.75, 3.05) is 36.0 Å². The smallest absolute Gasteiger partial charge is 0.162 e. The molecule has 2 heterocycles. The maximum Gasteiger partial charge on any atom is 0.162 e.